The third kappa shape index (κ3) is 5.00. The number of aromatic nitrogens is 2. The third-order valence-corrected chi connectivity index (χ3v) is 3.70. The minimum Gasteiger partial charge on any atom is -0.478 e. The maximum atomic E-state index is 11.2. The maximum Gasteiger partial charge on any atom is 0.226 e. The molecule has 0 aliphatic heterocycles. The Bertz CT molecular complexity index is 412. The molecule has 0 aliphatic carbocycles. The number of rotatable bonds is 7. The van der Waals surface area contributed by atoms with Crippen LogP contribution in [-0.4, -0.2) is 38.8 Å². The maximum absolute atomic E-state index is 11.2. The third-order valence-electron chi connectivity index (χ3n) is 2.40. The van der Waals surface area contributed by atoms with Crippen molar-refractivity contribution in [3.8, 4) is 5.88 Å². The lowest BCUT2D eigenvalue weighted by atomic mass is 10.4. The van der Waals surface area contributed by atoms with Crippen molar-refractivity contribution in [1.29, 1.82) is 0 Å². The van der Waals surface area contributed by atoms with E-state index in [2.05, 4.69) is 15.3 Å². The highest BCUT2D eigenvalue weighted by Crippen LogP contribution is 2.12. The van der Waals surface area contributed by atoms with Gasteiger partial charge in [-0.25, -0.2) is 4.98 Å². The fourth-order valence-electron chi connectivity index (χ4n) is 1.25. The largest absolute Gasteiger partial charge is 0.478 e. The molecule has 0 bridgehead atoms. The number of nitrogens with zero attached hydrogens (tertiary/aromatic N) is 2. The van der Waals surface area contributed by atoms with Gasteiger partial charge in [-0.3, -0.25) is 4.21 Å². The number of nitrogens with one attached hydrogen (secondary N) is 1. The zero-order valence-electron chi connectivity index (χ0n) is 11.4. The second kappa shape index (κ2) is 7.31. The van der Waals surface area contributed by atoms with Crippen molar-refractivity contribution in [1.82, 2.24) is 9.97 Å². The van der Waals surface area contributed by atoms with Gasteiger partial charge in [0.2, 0.25) is 11.8 Å². The predicted octanol–water partition coefficient (Wildman–Crippen LogP) is 1.75. The molecule has 2 atom stereocenters. The van der Waals surface area contributed by atoms with Crippen LogP contribution in [0.1, 0.15) is 26.0 Å². The summed E-state index contributed by atoms with van der Waals surface area (Å²) in [5.41, 5.74) is 0.851. The van der Waals surface area contributed by atoms with E-state index in [1.54, 1.807) is 6.26 Å². The van der Waals surface area contributed by atoms with Gasteiger partial charge < -0.3 is 10.1 Å². The van der Waals surface area contributed by atoms with E-state index in [0.717, 1.165) is 12.1 Å². The lowest BCUT2D eigenvalue weighted by molar-refractivity contribution is 0.305. The Kier molecular flexibility index (Phi) is 6.04. The van der Waals surface area contributed by atoms with Gasteiger partial charge in [0, 0.05) is 40.6 Å². The fraction of sp³-hybridized carbons (Fsp3) is 0.667. The highest BCUT2D eigenvalue weighted by Gasteiger charge is 2.08. The van der Waals surface area contributed by atoms with E-state index in [9.17, 15) is 4.21 Å². The summed E-state index contributed by atoms with van der Waals surface area (Å²) in [5.74, 6) is 1.11. The van der Waals surface area contributed by atoms with Gasteiger partial charge in [-0.1, -0.05) is 6.92 Å². The van der Waals surface area contributed by atoms with E-state index in [1.807, 2.05) is 26.8 Å². The summed E-state index contributed by atoms with van der Waals surface area (Å²) in [6, 6.07) is 1.81. The Morgan fingerprint density at radius 2 is 2.22 bits per heavy atom. The summed E-state index contributed by atoms with van der Waals surface area (Å²) >= 11 is 0. The first-order chi connectivity index (χ1) is 8.52. The number of aryl methyl sites for hydroxylation is 1. The second-order valence-electron chi connectivity index (χ2n) is 4.21. The van der Waals surface area contributed by atoms with Gasteiger partial charge in [0.15, 0.2) is 0 Å². The van der Waals surface area contributed by atoms with Crippen LogP contribution < -0.4 is 10.1 Å². The van der Waals surface area contributed by atoms with Crippen LogP contribution in [0.3, 0.4) is 0 Å². The molecule has 6 heteroatoms. The molecule has 1 heterocycles. The normalized spacial score (nSPS) is 14.0. The number of anilines is 1. The molecule has 0 saturated carbocycles. The van der Waals surface area contributed by atoms with E-state index in [1.165, 1.54) is 0 Å². The molecule has 0 saturated heterocycles. The highest BCUT2D eigenvalue weighted by atomic mass is 32.2. The van der Waals surface area contributed by atoms with Crippen molar-refractivity contribution in [3.05, 3.63) is 11.8 Å². The molecule has 0 aromatic carbocycles. The summed E-state index contributed by atoms with van der Waals surface area (Å²) in [7, 11) is -0.849. The second-order valence-corrected chi connectivity index (χ2v) is 6.01. The Morgan fingerprint density at radius 1 is 1.50 bits per heavy atom. The summed E-state index contributed by atoms with van der Waals surface area (Å²) in [6.07, 6.45) is 2.64. The first-order valence-electron chi connectivity index (χ1n) is 6.07. The van der Waals surface area contributed by atoms with Crippen molar-refractivity contribution in [2.24, 2.45) is 0 Å². The molecule has 1 rings (SSSR count). The van der Waals surface area contributed by atoms with Crippen molar-refractivity contribution in [2.45, 2.75) is 32.4 Å². The molecule has 0 spiro atoms. The first-order valence-corrected chi connectivity index (χ1v) is 7.69. The topological polar surface area (TPSA) is 64.1 Å². The van der Waals surface area contributed by atoms with Crippen LogP contribution in [0.15, 0.2) is 6.07 Å². The minimum absolute atomic E-state index is 0.0640. The van der Waals surface area contributed by atoms with Gasteiger partial charge >= 0.3 is 0 Å². The van der Waals surface area contributed by atoms with E-state index in [-0.39, 0.29) is 5.25 Å². The molecule has 18 heavy (non-hydrogen) atoms. The highest BCUT2D eigenvalue weighted by molar-refractivity contribution is 7.84. The van der Waals surface area contributed by atoms with Gasteiger partial charge in [-0.2, -0.15) is 4.98 Å². The Balaban J connectivity index is 2.64. The van der Waals surface area contributed by atoms with E-state index in [4.69, 9.17) is 4.74 Å². The predicted molar refractivity (Wildman–Crippen MR) is 74.6 cm³/mol. The molecule has 0 fully saturated rings. The molecule has 102 valence electrons. The molecule has 1 aromatic rings. The molecule has 0 aliphatic rings. The van der Waals surface area contributed by atoms with E-state index >= 15 is 0 Å². The van der Waals surface area contributed by atoms with Gasteiger partial charge in [0.05, 0.1) is 6.61 Å². The molecule has 1 aromatic heterocycles. The molecule has 1 N–H and O–H groups in total. The zero-order valence-corrected chi connectivity index (χ0v) is 12.2. The van der Waals surface area contributed by atoms with E-state index < -0.39 is 10.8 Å². The molecule has 5 nitrogen and oxygen atoms in total. The van der Waals surface area contributed by atoms with E-state index in [0.29, 0.717) is 25.0 Å². The monoisotopic (exact) mass is 271 g/mol. The SMILES string of the molecule is CCCOc1cc(C)nc(NCC(C)S(C)=O)n1. The fourth-order valence-corrected chi connectivity index (χ4v) is 1.57. The summed E-state index contributed by atoms with van der Waals surface area (Å²) < 4.78 is 16.7. The molecular weight excluding hydrogens is 250 g/mol. The van der Waals surface area contributed by atoms with Gasteiger partial charge in [-0.15, -0.1) is 0 Å². The average Bonchev–Trinajstić information content (AvgIpc) is 2.32. The Hall–Kier alpha value is -1.17. The summed E-state index contributed by atoms with van der Waals surface area (Å²) in [6.45, 7) is 7.09. The number of hydrogen-bond acceptors (Lipinski definition) is 5. The smallest absolute Gasteiger partial charge is 0.226 e. The van der Waals surface area contributed by atoms with Crippen LogP contribution in [0.2, 0.25) is 0 Å². The number of hydrogen-bond donors (Lipinski definition) is 1. The number of ether oxygens (including phenoxy) is 1. The van der Waals surface area contributed by atoms with Crippen molar-refractivity contribution in [3.63, 3.8) is 0 Å². The van der Waals surface area contributed by atoms with Gasteiger partial charge in [0.1, 0.15) is 0 Å². The molecule has 2 unspecified atom stereocenters. The molecule has 0 radical (unpaired) electrons. The van der Waals surface area contributed by atoms with Crippen LogP contribution in [-0.2, 0) is 10.8 Å². The lowest BCUT2D eigenvalue weighted by Crippen LogP contribution is -2.21. The van der Waals surface area contributed by atoms with Crippen molar-refractivity contribution in [2.75, 3.05) is 24.7 Å². The van der Waals surface area contributed by atoms with Crippen molar-refractivity contribution >= 4 is 16.7 Å². The van der Waals surface area contributed by atoms with Gasteiger partial charge in [0.25, 0.3) is 0 Å². The lowest BCUT2D eigenvalue weighted by Gasteiger charge is -2.11. The molecular formula is C12H21N3O2S. The minimum atomic E-state index is -0.849. The van der Waals surface area contributed by atoms with Crippen LogP contribution >= 0.6 is 0 Å². The first kappa shape index (κ1) is 14.9. The summed E-state index contributed by atoms with van der Waals surface area (Å²) in [5, 5.41) is 3.15. The van der Waals surface area contributed by atoms with Crippen LogP contribution in [0.25, 0.3) is 0 Å². The standard InChI is InChI=1S/C12H21N3O2S/c1-5-6-17-11-7-9(2)14-12(15-11)13-8-10(3)18(4)16/h7,10H,5-6,8H2,1-4H3,(H,13,14,15). The summed E-state index contributed by atoms with van der Waals surface area (Å²) in [4.78, 5) is 8.53. The van der Waals surface area contributed by atoms with Crippen LogP contribution in [0, 0.1) is 6.92 Å². The Morgan fingerprint density at radius 3 is 2.83 bits per heavy atom. The van der Waals surface area contributed by atoms with Crippen molar-refractivity contribution < 1.29 is 8.95 Å². The zero-order chi connectivity index (χ0) is 13.5. The quantitative estimate of drug-likeness (QED) is 0.818. The molecule has 0 amide bonds. The van der Waals surface area contributed by atoms with Crippen LogP contribution in [0.4, 0.5) is 5.95 Å². The Labute approximate surface area is 111 Å². The average molecular weight is 271 g/mol. The van der Waals surface area contributed by atoms with Crippen LogP contribution in [0.5, 0.6) is 5.88 Å². The van der Waals surface area contributed by atoms with Gasteiger partial charge in [-0.05, 0) is 20.3 Å².